The summed E-state index contributed by atoms with van der Waals surface area (Å²) in [5.41, 5.74) is 0.714. The van der Waals surface area contributed by atoms with E-state index < -0.39 is 12.3 Å². The van der Waals surface area contributed by atoms with Crippen LogP contribution >= 0.6 is 0 Å². The molecule has 0 bridgehead atoms. The van der Waals surface area contributed by atoms with Gasteiger partial charge in [0, 0.05) is 11.6 Å². The van der Waals surface area contributed by atoms with Gasteiger partial charge < -0.3 is 10.1 Å². The lowest BCUT2D eigenvalue weighted by Gasteiger charge is -2.21. The predicted molar refractivity (Wildman–Crippen MR) is 60.1 cm³/mol. The Hall–Kier alpha value is -1.23. The Kier molecular flexibility index (Phi) is 4.40. The van der Waals surface area contributed by atoms with Gasteiger partial charge in [0.25, 0.3) is 0 Å². The highest BCUT2D eigenvalue weighted by molar-refractivity contribution is 5.35. The van der Waals surface area contributed by atoms with Crippen LogP contribution in [0.15, 0.2) is 24.3 Å². The van der Waals surface area contributed by atoms with Crippen LogP contribution in [0.4, 0.5) is 13.2 Å². The molecule has 1 rings (SSSR count). The van der Waals surface area contributed by atoms with Gasteiger partial charge in [0.1, 0.15) is 5.75 Å². The van der Waals surface area contributed by atoms with Crippen LogP contribution in [-0.4, -0.2) is 19.3 Å². The molecule has 0 aliphatic rings. The third-order valence-corrected chi connectivity index (χ3v) is 2.58. The molecule has 96 valence electrons. The van der Waals surface area contributed by atoms with Crippen molar-refractivity contribution in [3.8, 4) is 5.75 Å². The number of rotatable bonds is 4. The maximum atomic E-state index is 12.4. The largest absolute Gasteiger partial charge is 0.481 e. The van der Waals surface area contributed by atoms with Crippen LogP contribution in [0.3, 0.4) is 0 Å². The molecule has 2 unspecified atom stereocenters. The zero-order valence-electron chi connectivity index (χ0n) is 10.0. The second-order valence-electron chi connectivity index (χ2n) is 3.85. The molecule has 2 nitrogen and oxygen atoms in total. The van der Waals surface area contributed by atoms with Crippen molar-refractivity contribution in [2.45, 2.75) is 32.2 Å². The molecule has 0 fully saturated rings. The summed E-state index contributed by atoms with van der Waals surface area (Å²) in [6.07, 6.45) is -6.16. The molecule has 0 spiro atoms. The fourth-order valence-electron chi connectivity index (χ4n) is 1.36. The van der Waals surface area contributed by atoms with Crippen molar-refractivity contribution in [1.29, 1.82) is 0 Å². The number of para-hydroxylation sites is 1. The van der Waals surface area contributed by atoms with E-state index in [1.165, 1.54) is 0 Å². The van der Waals surface area contributed by atoms with Crippen LogP contribution in [-0.2, 0) is 0 Å². The summed E-state index contributed by atoms with van der Waals surface area (Å²) in [4.78, 5) is 0. The highest BCUT2D eigenvalue weighted by Gasteiger charge is 2.38. The van der Waals surface area contributed by atoms with E-state index >= 15 is 0 Å². The summed E-state index contributed by atoms with van der Waals surface area (Å²) in [6.45, 7) is 2.86. The quantitative estimate of drug-likeness (QED) is 0.881. The van der Waals surface area contributed by atoms with E-state index in [-0.39, 0.29) is 11.8 Å². The van der Waals surface area contributed by atoms with Gasteiger partial charge >= 0.3 is 6.18 Å². The molecule has 0 saturated heterocycles. The Labute approximate surface area is 98.8 Å². The smallest absolute Gasteiger partial charge is 0.425 e. The van der Waals surface area contributed by atoms with E-state index in [1.54, 1.807) is 31.3 Å². The summed E-state index contributed by atoms with van der Waals surface area (Å²) in [6, 6.07) is 6.66. The Balaban J connectivity index is 2.91. The molecule has 0 radical (unpaired) electrons. The summed E-state index contributed by atoms with van der Waals surface area (Å²) in [7, 11) is 1.74. The zero-order chi connectivity index (χ0) is 13.1. The fourth-order valence-corrected chi connectivity index (χ4v) is 1.36. The van der Waals surface area contributed by atoms with E-state index in [1.807, 2.05) is 6.92 Å². The van der Waals surface area contributed by atoms with Crippen LogP contribution in [0.2, 0.25) is 0 Å². The van der Waals surface area contributed by atoms with Gasteiger partial charge in [0.2, 0.25) is 0 Å². The van der Waals surface area contributed by atoms with Gasteiger partial charge in [-0.05, 0) is 27.0 Å². The average Bonchev–Trinajstić information content (AvgIpc) is 2.27. The van der Waals surface area contributed by atoms with Gasteiger partial charge in [-0.3, -0.25) is 0 Å². The SMILES string of the molecule is CNC(C)c1ccccc1OC(C)C(F)(F)F. The first-order valence-electron chi connectivity index (χ1n) is 5.35. The van der Waals surface area contributed by atoms with Crippen molar-refractivity contribution in [3.05, 3.63) is 29.8 Å². The monoisotopic (exact) mass is 247 g/mol. The highest BCUT2D eigenvalue weighted by Crippen LogP contribution is 2.29. The molecule has 17 heavy (non-hydrogen) atoms. The first kappa shape index (κ1) is 13.8. The van der Waals surface area contributed by atoms with E-state index in [9.17, 15) is 13.2 Å². The molecule has 0 saturated carbocycles. The normalized spacial score (nSPS) is 15.4. The van der Waals surface area contributed by atoms with E-state index in [4.69, 9.17) is 4.74 Å². The molecule has 0 amide bonds. The van der Waals surface area contributed by atoms with Crippen molar-refractivity contribution in [2.24, 2.45) is 0 Å². The third-order valence-electron chi connectivity index (χ3n) is 2.58. The average molecular weight is 247 g/mol. The first-order chi connectivity index (χ1) is 7.86. The van der Waals surface area contributed by atoms with Crippen LogP contribution in [0.5, 0.6) is 5.75 Å². The van der Waals surface area contributed by atoms with Crippen LogP contribution in [0.1, 0.15) is 25.5 Å². The van der Waals surface area contributed by atoms with Crippen molar-refractivity contribution in [1.82, 2.24) is 5.32 Å². The molecule has 0 aliphatic heterocycles. The lowest BCUT2D eigenvalue weighted by Crippen LogP contribution is -2.31. The highest BCUT2D eigenvalue weighted by atomic mass is 19.4. The second-order valence-corrected chi connectivity index (χ2v) is 3.85. The minimum absolute atomic E-state index is 0.0633. The van der Waals surface area contributed by atoms with Crippen molar-refractivity contribution >= 4 is 0 Å². The lowest BCUT2D eigenvalue weighted by molar-refractivity contribution is -0.189. The van der Waals surface area contributed by atoms with E-state index in [0.717, 1.165) is 6.92 Å². The minimum atomic E-state index is -4.35. The van der Waals surface area contributed by atoms with E-state index in [2.05, 4.69) is 5.32 Å². The molecule has 1 aromatic rings. The number of ether oxygens (including phenoxy) is 1. The Morgan fingerprint density at radius 1 is 1.18 bits per heavy atom. The topological polar surface area (TPSA) is 21.3 Å². The van der Waals surface area contributed by atoms with Gasteiger partial charge in [-0.15, -0.1) is 0 Å². The summed E-state index contributed by atoms with van der Waals surface area (Å²) in [5.74, 6) is 0.263. The molecule has 5 heteroatoms. The molecule has 2 atom stereocenters. The molecule has 0 aliphatic carbocycles. The number of alkyl halides is 3. The van der Waals surface area contributed by atoms with Crippen molar-refractivity contribution < 1.29 is 17.9 Å². The van der Waals surface area contributed by atoms with Crippen LogP contribution < -0.4 is 10.1 Å². The van der Waals surface area contributed by atoms with Gasteiger partial charge in [0.05, 0.1) is 0 Å². The van der Waals surface area contributed by atoms with Crippen molar-refractivity contribution in [2.75, 3.05) is 7.05 Å². The number of halogens is 3. The lowest BCUT2D eigenvalue weighted by atomic mass is 10.1. The minimum Gasteiger partial charge on any atom is -0.481 e. The van der Waals surface area contributed by atoms with Gasteiger partial charge in [-0.2, -0.15) is 13.2 Å². The molecule has 1 N–H and O–H groups in total. The fraction of sp³-hybridized carbons (Fsp3) is 0.500. The van der Waals surface area contributed by atoms with Crippen LogP contribution in [0.25, 0.3) is 0 Å². The zero-order valence-corrected chi connectivity index (χ0v) is 10.0. The summed E-state index contributed by atoms with van der Waals surface area (Å²) in [5, 5.41) is 2.97. The van der Waals surface area contributed by atoms with Crippen molar-refractivity contribution in [3.63, 3.8) is 0 Å². The van der Waals surface area contributed by atoms with Crippen LogP contribution in [0, 0.1) is 0 Å². The Morgan fingerprint density at radius 3 is 2.29 bits per heavy atom. The Bertz CT molecular complexity index is 365. The third kappa shape index (κ3) is 3.63. The molecule has 0 heterocycles. The summed E-state index contributed by atoms with van der Waals surface area (Å²) >= 11 is 0. The molecule has 0 aromatic heterocycles. The number of hydrogen-bond donors (Lipinski definition) is 1. The van der Waals surface area contributed by atoms with Gasteiger partial charge in [-0.25, -0.2) is 0 Å². The number of nitrogens with one attached hydrogen (secondary N) is 1. The molecule has 1 aromatic carbocycles. The maximum Gasteiger partial charge on any atom is 0.425 e. The standard InChI is InChI=1S/C12H16F3NO/c1-8(16-3)10-6-4-5-7-11(10)17-9(2)12(13,14)15/h4-9,16H,1-3H3. The summed E-state index contributed by atoms with van der Waals surface area (Å²) < 4.78 is 42.2. The second kappa shape index (κ2) is 5.40. The number of benzene rings is 1. The maximum absolute atomic E-state index is 12.4. The Morgan fingerprint density at radius 2 is 1.76 bits per heavy atom. The molecular weight excluding hydrogens is 231 g/mol. The first-order valence-corrected chi connectivity index (χ1v) is 5.35. The molecular formula is C12H16F3NO. The van der Waals surface area contributed by atoms with Gasteiger partial charge in [-0.1, -0.05) is 18.2 Å². The predicted octanol–water partition coefficient (Wildman–Crippen LogP) is 3.30. The van der Waals surface area contributed by atoms with Gasteiger partial charge in [0.15, 0.2) is 6.10 Å². The van der Waals surface area contributed by atoms with E-state index in [0.29, 0.717) is 5.56 Å². The number of hydrogen-bond acceptors (Lipinski definition) is 2.